The van der Waals surface area contributed by atoms with Crippen molar-refractivity contribution in [1.29, 1.82) is 0 Å². The first-order chi connectivity index (χ1) is 8.70. The molecule has 3 nitrogen and oxygen atoms in total. The zero-order chi connectivity index (χ0) is 12.5. The molecule has 3 heteroatoms. The van der Waals surface area contributed by atoms with Crippen LogP contribution in [0.15, 0.2) is 24.3 Å². The third-order valence-electron chi connectivity index (χ3n) is 4.27. The van der Waals surface area contributed by atoms with Crippen LogP contribution in [0.2, 0.25) is 0 Å². The summed E-state index contributed by atoms with van der Waals surface area (Å²) in [5.74, 6) is 1.79. The monoisotopic (exact) mass is 244 g/mol. The minimum atomic E-state index is -0.0212. The van der Waals surface area contributed by atoms with Crippen molar-refractivity contribution in [2.24, 2.45) is 11.8 Å². The fraction of sp³-hybridized carbons (Fsp3) is 0.533. The molecule has 2 saturated carbocycles. The number of rotatable bonds is 3. The Morgan fingerprint density at radius 1 is 1.22 bits per heavy atom. The molecular weight excluding hydrogens is 224 g/mol. The maximum atomic E-state index is 11.0. The summed E-state index contributed by atoms with van der Waals surface area (Å²) >= 11 is 0. The van der Waals surface area contributed by atoms with E-state index in [-0.39, 0.29) is 5.91 Å². The Bertz CT molecular complexity index is 458. The molecule has 0 aromatic heterocycles. The van der Waals surface area contributed by atoms with Crippen molar-refractivity contribution >= 4 is 17.3 Å². The summed E-state index contributed by atoms with van der Waals surface area (Å²) in [7, 11) is 0. The van der Waals surface area contributed by atoms with Crippen molar-refractivity contribution < 1.29 is 4.79 Å². The molecular formula is C15H20N2O. The van der Waals surface area contributed by atoms with Crippen LogP contribution in [0.1, 0.15) is 32.6 Å². The summed E-state index contributed by atoms with van der Waals surface area (Å²) < 4.78 is 0. The molecule has 18 heavy (non-hydrogen) atoms. The highest BCUT2D eigenvalue weighted by Crippen LogP contribution is 2.45. The van der Waals surface area contributed by atoms with Crippen molar-refractivity contribution in [1.82, 2.24) is 0 Å². The van der Waals surface area contributed by atoms with Crippen LogP contribution in [0.3, 0.4) is 0 Å². The molecule has 2 bridgehead atoms. The first kappa shape index (κ1) is 11.6. The molecule has 0 aliphatic heterocycles. The highest BCUT2D eigenvalue weighted by molar-refractivity contribution is 5.89. The lowest BCUT2D eigenvalue weighted by atomic mass is 9.95. The van der Waals surface area contributed by atoms with E-state index in [2.05, 4.69) is 16.7 Å². The van der Waals surface area contributed by atoms with Gasteiger partial charge in [-0.2, -0.15) is 0 Å². The Morgan fingerprint density at radius 3 is 2.72 bits per heavy atom. The van der Waals surface area contributed by atoms with Gasteiger partial charge in [0.1, 0.15) is 0 Å². The molecule has 0 spiro atoms. The van der Waals surface area contributed by atoms with Crippen LogP contribution < -0.4 is 10.6 Å². The van der Waals surface area contributed by atoms with E-state index in [9.17, 15) is 4.79 Å². The van der Waals surface area contributed by atoms with Gasteiger partial charge in [0, 0.05) is 24.3 Å². The van der Waals surface area contributed by atoms with E-state index in [0.29, 0.717) is 6.04 Å². The number of carbonyl (C=O) groups is 1. The van der Waals surface area contributed by atoms with Gasteiger partial charge in [-0.05, 0) is 49.3 Å². The van der Waals surface area contributed by atoms with Crippen LogP contribution in [-0.2, 0) is 4.79 Å². The Hall–Kier alpha value is -1.51. The van der Waals surface area contributed by atoms with Gasteiger partial charge in [-0.25, -0.2) is 0 Å². The second-order valence-corrected chi connectivity index (χ2v) is 5.69. The number of hydrogen-bond acceptors (Lipinski definition) is 2. The van der Waals surface area contributed by atoms with Crippen LogP contribution in [-0.4, -0.2) is 11.9 Å². The topological polar surface area (TPSA) is 41.1 Å². The standard InChI is InChI=1S/C15H20N2O/c1-10(18)16-13-3-2-4-14(9-13)17-15-8-11-5-6-12(15)7-11/h2-4,9,11-12,15,17H,5-8H2,1H3,(H,16,18). The van der Waals surface area contributed by atoms with Gasteiger partial charge >= 0.3 is 0 Å². The van der Waals surface area contributed by atoms with E-state index in [1.54, 1.807) is 0 Å². The summed E-state index contributed by atoms with van der Waals surface area (Å²) in [4.78, 5) is 11.0. The van der Waals surface area contributed by atoms with Crippen molar-refractivity contribution in [3.05, 3.63) is 24.3 Å². The molecule has 2 aliphatic rings. The van der Waals surface area contributed by atoms with E-state index >= 15 is 0 Å². The van der Waals surface area contributed by atoms with Gasteiger partial charge in [0.15, 0.2) is 0 Å². The molecule has 1 aromatic carbocycles. The lowest BCUT2D eigenvalue weighted by Gasteiger charge is -2.24. The van der Waals surface area contributed by atoms with Crippen molar-refractivity contribution in [2.75, 3.05) is 10.6 Å². The van der Waals surface area contributed by atoms with Crippen LogP contribution >= 0.6 is 0 Å². The molecule has 3 atom stereocenters. The fourth-order valence-electron chi connectivity index (χ4n) is 3.53. The summed E-state index contributed by atoms with van der Waals surface area (Å²) in [6.45, 7) is 1.54. The number of carbonyl (C=O) groups excluding carboxylic acids is 1. The van der Waals surface area contributed by atoms with Crippen LogP contribution in [0.5, 0.6) is 0 Å². The molecule has 1 aromatic rings. The van der Waals surface area contributed by atoms with Crippen LogP contribution in [0, 0.1) is 11.8 Å². The molecule has 0 radical (unpaired) electrons. The van der Waals surface area contributed by atoms with E-state index in [4.69, 9.17) is 0 Å². The maximum Gasteiger partial charge on any atom is 0.221 e. The Kier molecular flexibility index (Phi) is 2.98. The lowest BCUT2D eigenvalue weighted by molar-refractivity contribution is -0.114. The number of fused-ring (bicyclic) bond motifs is 2. The van der Waals surface area contributed by atoms with Crippen LogP contribution in [0.4, 0.5) is 11.4 Å². The smallest absolute Gasteiger partial charge is 0.221 e. The third kappa shape index (κ3) is 2.35. The minimum absolute atomic E-state index is 0.0212. The molecule has 3 rings (SSSR count). The zero-order valence-electron chi connectivity index (χ0n) is 10.8. The molecule has 1 amide bonds. The molecule has 2 N–H and O–H groups in total. The number of benzene rings is 1. The summed E-state index contributed by atoms with van der Waals surface area (Å²) in [6.07, 6.45) is 5.53. The van der Waals surface area contributed by atoms with Gasteiger partial charge < -0.3 is 10.6 Å². The SMILES string of the molecule is CC(=O)Nc1cccc(NC2CC3CCC2C3)c1. The Labute approximate surface area is 108 Å². The van der Waals surface area contributed by atoms with Gasteiger partial charge in [-0.15, -0.1) is 0 Å². The van der Waals surface area contributed by atoms with Crippen LogP contribution in [0.25, 0.3) is 0 Å². The third-order valence-corrected chi connectivity index (χ3v) is 4.27. The maximum absolute atomic E-state index is 11.0. The summed E-state index contributed by atoms with van der Waals surface area (Å²) in [6, 6.07) is 8.65. The Balaban J connectivity index is 1.67. The molecule has 0 heterocycles. The zero-order valence-corrected chi connectivity index (χ0v) is 10.8. The number of hydrogen-bond donors (Lipinski definition) is 2. The molecule has 2 fully saturated rings. The number of amides is 1. The predicted octanol–water partition coefficient (Wildman–Crippen LogP) is 3.25. The molecule has 96 valence electrons. The largest absolute Gasteiger partial charge is 0.382 e. The first-order valence-corrected chi connectivity index (χ1v) is 6.85. The second kappa shape index (κ2) is 4.63. The van der Waals surface area contributed by atoms with Gasteiger partial charge in [0.05, 0.1) is 0 Å². The molecule has 0 saturated heterocycles. The number of anilines is 2. The number of nitrogens with one attached hydrogen (secondary N) is 2. The molecule has 3 unspecified atom stereocenters. The average Bonchev–Trinajstić information content (AvgIpc) is 2.90. The normalized spacial score (nSPS) is 29.3. The first-order valence-electron chi connectivity index (χ1n) is 6.85. The second-order valence-electron chi connectivity index (χ2n) is 5.69. The fourth-order valence-corrected chi connectivity index (χ4v) is 3.53. The predicted molar refractivity (Wildman–Crippen MR) is 73.6 cm³/mol. The average molecular weight is 244 g/mol. The van der Waals surface area contributed by atoms with E-state index in [1.807, 2.05) is 18.2 Å². The summed E-state index contributed by atoms with van der Waals surface area (Å²) in [5.41, 5.74) is 1.99. The highest BCUT2D eigenvalue weighted by Gasteiger charge is 2.39. The summed E-state index contributed by atoms with van der Waals surface area (Å²) in [5, 5.41) is 6.46. The van der Waals surface area contributed by atoms with Gasteiger partial charge in [-0.3, -0.25) is 4.79 Å². The minimum Gasteiger partial charge on any atom is -0.382 e. The van der Waals surface area contributed by atoms with Gasteiger partial charge in [-0.1, -0.05) is 12.5 Å². The Morgan fingerprint density at radius 2 is 2.06 bits per heavy atom. The lowest BCUT2D eigenvalue weighted by Crippen LogP contribution is -2.25. The van der Waals surface area contributed by atoms with Crippen molar-refractivity contribution in [3.63, 3.8) is 0 Å². The van der Waals surface area contributed by atoms with E-state index < -0.39 is 0 Å². The van der Waals surface area contributed by atoms with Gasteiger partial charge in [0.25, 0.3) is 0 Å². The molecule has 2 aliphatic carbocycles. The van der Waals surface area contributed by atoms with Crippen molar-refractivity contribution in [3.8, 4) is 0 Å². The highest BCUT2D eigenvalue weighted by atomic mass is 16.1. The van der Waals surface area contributed by atoms with E-state index in [1.165, 1.54) is 32.6 Å². The quantitative estimate of drug-likeness (QED) is 0.857. The van der Waals surface area contributed by atoms with Gasteiger partial charge in [0.2, 0.25) is 5.91 Å². The van der Waals surface area contributed by atoms with Crippen molar-refractivity contribution in [2.45, 2.75) is 38.6 Å². The van der Waals surface area contributed by atoms with E-state index in [0.717, 1.165) is 23.2 Å².